The number of nitrogens with one attached hydrogen (secondary N) is 1. The Morgan fingerprint density at radius 1 is 1.21 bits per heavy atom. The fraction of sp³-hybridized carbons (Fsp3) is 1.00. The highest BCUT2D eigenvalue weighted by atomic mass is 32.2. The normalized spacial score (nSPS) is 21.9. The van der Waals surface area contributed by atoms with E-state index in [2.05, 4.69) is 18.5 Å². The summed E-state index contributed by atoms with van der Waals surface area (Å²) >= 11 is 1.96. The summed E-state index contributed by atoms with van der Waals surface area (Å²) in [6, 6.07) is 0.821. The molecule has 1 unspecified atom stereocenters. The summed E-state index contributed by atoms with van der Waals surface area (Å²) in [6.45, 7) is 3.56. The predicted molar refractivity (Wildman–Crippen MR) is 67.0 cm³/mol. The van der Waals surface area contributed by atoms with E-state index in [1.165, 1.54) is 50.8 Å². The summed E-state index contributed by atoms with van der Waals surface area (Å²) < 4.78 is 0. The molecule has 0 amide bonds. The minimum atomic E-state index is 0.821. The van der Waals surface area contributed by atoms with Crippen molar-refractivity contribution in [2.24, 2.45) is 5.92 Å². The summed E-state index contributed by atoms with van der Waals surface area (Å²) in [4.78, 5) is 0. The molecule has 1 fully saturated rings. The van der Waals surface area contributed by atoms with E-state index >= 15 is 0 Å². The average Bonchev–Trinajstić information content (AvgIpc) is 2.43. The molecule has 0 aromatic heterocycles. The van der Waals surface area contributed by atoms with E-state index in [9.17, 15) is 0 Å². The second-order valence-corrected chi connectivity index (χ2v) is 5.57. The van der Waals surface area contributed by atoms with Gasteiger partial charge in [0.1, 0.15) is 0 Å². The number of rotatable bonds is 5. The third-order valence-electron chi connectivity index (χ3n) is 3.06. The highest BCUT2D eigenvalue weighted by Crippen LogP contribution is 2.17. The van der Waals surface area contributed by atoms with Crippen molar-refractivity contribution >= 4 is 11.8 Å². The fourth-order valence-corrected chi connectivity index (χ4v) is 2.88. The van der Waals surface area contributed by atoms with E-state index in [4.69, 9.17) is 0 Å². The lowest BCUT2D eigenvalue weighted by atomic mass is 10.1. The molecule has 14 heavy (non-hydrogen) atoms. The van der Waals surface area contributed by atoms with Crippen LogP contribution in [0.1, 0.15) is 45.4 Å². The van der Waals surface area contributed by atoms with Gasteiger partial charge in [-0.1, -0.05) is 32.6 Å². The van der Waals surface area contributed by atoms with E-state index in [1.54, 1.807) is 0 Å². The molecule has 0 radical (unpaired) electrons. The van der Waals surface area contributed by atoms with E-state index < -0.39 is 0 Å². The highest BCUT2D eigenvalue weighted by Gasteiger charge is 2.12. The first kappa shape index (κ1) is 12.4. The number of hydrogen-bond donors (Lipinski definition) is 1. The second kappa shape index (κ2) is 7.58. The van der Waals surface area contributed by atoms with E-state index in [0.29, 0.717) is 0 Å². The Kier molecular flexibility index (Phi) is 6.70. The van der Waals surface area contributed by atoms with E-state index in [-0.39, 0.29) is 0 Å². The maximum atomic E-state index is 3.73. The average molecular weight is 215 g/mol. The van der Waals surface area contributed by atoms with Crippen LogP contribution in [-0.2, 0) is 0 Å². The van der Waals surface area contributed by atoms with Crippen LogP contribution >= 0.6 is 11.8 Å². The van der Waals surface area contributed by atoms with Gasteiger partial charge in [-0.15, -0.1) is 0 Å². The molecule has 2 heteroatoms. The zero-order chi connectivity index (χ0) is 10.2. The lowest BCUT2D eigenvalue weighted by molar-refractivity contribution is 0.428. The van der Waals surface area contributed by atoms with Gasteiger partial charge in [0.05, 0.1) is 0 Å². The molecule has 1 aliphatic rings. The molecule has 84 valence electrons. The van der Waals surface area contributed by atoms with E-state index in [0.717, 1.165) is 12.0 Å². The third-order valence-corrected chi connectivity index (χ3v) is 3.96. The molecule has 1 aliphatic carbocycles. The van der Waals surface area contributed by atoms with Crippen LogP contribution < -0.4 is 5.32 Å². The lowest BCUT2D eigenvalue weighted by Gasteiger charge is -2.19. The van der Waals surface area contributed by atoms with Gasteiger partial charge in [0.2, 0.25) is 0 Å². The van der Waals surface area contributed by atoms with Gasteiger partial charge in [0, 0.05) is 6.04 Å². The summed E-state index contributed by atoms with van der Waals surface area (Å²) in [7, 11) is 0. The Morgan fingerprint density at radius 3 is 2.43 bits per heavy atom. The van der Waals surface area contributed by atoms with Crippen molar-refractivity contribution < 1.29 is 0 Å². The molecule has 1 atom stereocenters. The zero-order valence-corrected chi connectivity index (χ0v) is 10.5. The zero-order valence-electron chi connectivity index (χ0n) is 9.72. The van der Waals surface area contributed by atoms with Crippen molar-refractivity contribution in [3.05, 3.63) is 0 Å². The summed E-state index contributed by atoms with van der Waals surface area (Å²) in [5.74, 6) is 2.12. The lowest BCUT2D eigenvalue weighted by Crippen LogP contribution is -2.32. The molecule has 0 saturated heterocycles. The van der Waals surface area contributed by atoms with Gasteiger partial charge < -0.3 is 5.32 Å². The summed E-state index contributed by atoms with van der Waals surface area (Å²) in [5, 5.41) is 3.73. The van der Waals surface area contributed by atoms with Crippen molar-refractivity contribution in [1.29, 1.82) is 0 Å². The topological polar surface area (TPSA) is 12.0 Å². The van der Waals surface area contributed by atoms with Crippen LogP contribution in [0.3, 0.4) is 0 Å². The molecule has 0 spiro atoms. The van der Waals surface area contributed by atoms with E-state index in [1.807, 2.05) is 11.8 Å². The maximum absolute atomic E-state index is 3.73. The first-order valence-electron chi connectivity index (χ1n) is 6.05. The Morgan fingerprint density at radius 2 is 1.86 bits per heavy atom. The fourth-order valence-electron chi connectivity index (χ4n) is 2.19. The smallest absolute Gasteiger partial charge is 0.00671 e. The van der Waals surface area contributed by atoms with Crippen LogP contribution in [-0.4, -0.2) is 24.6 Å². The second-order valence-electron chi connectivity index (χ2n) is 4.66. The Bertz CT molecular complexity index is 130. The van der Waals surface area contributed by atoms with Gasteiger partial charge in [-0.2, -0.15) is 11.8 Å². The molecule has 0 aromatic carbocycles. The van der Waals surface area contributed by atoms with Crippen LogP contribution in [0.4, 0.5) is 0 Å². The van der Waals surface area contributed by atoms with Crippen LogP contribution in [0.25, 0.3) is 0 Å². The van der Waals surface area contributed by atoms with Gasteiger partial charge in [-0.05, 0) is 37.3 Å². The molecule has 0 aromatic rings. The van der Waals surface area contributed by atoms with Crippen LogP contribution in [0.5, 0.6) is 0 Å². The van der Waals surface area contributed by atoms with Crippen molar-refractivity contribution in [2.45, 2.75) is 51.5 Å². The molecule has 1 N–H and O–H groups in total. The molecule has 1 nitrogen and oxygen atoms in total. The van der Waals surface area contributed by atoms with Gasteiger partial charge >= 0.3 is 0 Å². The molecular weight excluding hydrogens is 190 g/mol. The summed E-state index contributed by atoms with van der Waals surface area (Å²) in [6.07, 6.45) is 10.8. The SMILES string of the molecule is CSCC(C)CNC1CCCCCC1. The quantitative estimate of drug-likeness (QED) is 0.706. The Labute approximate surface area is 93.4 Å². The molecule has 1 saturated carbocycles. The highest BCUT2D eigenvalue weighted by molar-refractivity contribution is 7.98. The molecule has 0 aliphatic heterocycles. The predicted octanol–water partition coefficient (Wildman–Crippen LogP) is 3.30. The van der Waals surface area contributed by atoms with Crippen molar-refractivity contribution in [2.75, 3.05) is 18.6 Å². The largest absolute Gasteiger partial charge is 0.314 e. The molecule has 0 heterocycles. The molecular formula is C12H25NS. The molecule has 1 rings (SSSR count). The van der Waals surface area contributed by atoms with Crippen molar-refractivity contribution in [1.82, 2.24) is 5.32 Å². The standard InChI is InChI=1S/C12H25NS/c1-11(10-14-2)9-13-12-7-5-3-4-6-8-12/h11-13H,3-10H2,1-2H3. The van der Waals surface area contributed by atoms with Crippen LogP contribution in [0.15, 0.2) is 0 Å². The number of hydrogen-bond acceptors (Lipinski definition) is 2. The van der Waals surface area contributed by atoms with Crippen LogP contribution in [0.2, 0.25) is 0 Å². The number of thioether (sulfide) groups is 1. The van der Waals surface area contributed by atoms with Crippen LogP contribution in [0, 0.1) is 5.92 Å². The first-order valence-corrected chi connectivity index (χ1v) is 7.44. The summed E-state index contributed by atoms with van der Waals surface area (Å²) in [5.41, 5.74) is 0. The minimum Gasteiger partial charge on any atom is -0.314 e. The molecule has 0 bridgehead atoms. The maximum Gasteiger partial charge on any atom is 0.00671 e. The van der Waals surface area contributed by atoms with Crippen molar-refractivity contribution in [3.8, 4) is 0 Å². The third kappa shape index (κ3) is 5.26. The first-order chi connectivity index (χ1) is 6.83. The van der Waals surface area contributed by atoms with Gasteiger partial charge in [-0.25, -0.2) is 0 Å². The van der Waals surface area contributed by atoms with Crippen molar-refractivity contribution in [3.63, 3.8) is 0 Å². The Hall–Kier alpha value is 0.310. The Balaban J connectivity index is 2.09. The monoisotopic (exact) mass is 215 g/mol. The van der Waals surface area contributed by atoms with Gasteiger partial charge in [-0.3, -0.25) is 0 Å². The minimum absolute atomic E-state index is 0.821. The van der Waals surface area contributed by atoms with Gasteiger partial charge in [0.25, 0.3) is 0 Å². The van der Waals surface area contributed by atoms with Gasteiger partial charge in [0.15, 0.2) is 0 Å².